The molecule has 0 aliphatic carbocycles. The van der Waals surface area contributed by atoms with Crippen LogP contribution < -0.4 is 0 Å². The minimum absolute atomic E-state index is 0.0270. The Morgan fingerprint density at radius 1 is 0.326 bits per heavy atom. The summed E-state index contributed by atoms with van der Waals surface area (Å²) in [6.45, 7) is 27.6. The second kappa shape index (κ2) is 8.85. The van der Waals surface area contributed by atoms with E-state index >= 15 is 0 Å². The summed E-state index contributed by atoms with van der Waals surface area (Å²) in [5.74, 6) is 0. The predicted octanol–water partition coefficient (Wildman–Crippen LogP) is 13.6. The molecule has 0 spiro atoms. The zero-order chi connectivity index (χ0) is 32.9. The molecule has 234 valence electrons. The van der Waals surface area contributed by atoms with Crippen molar-refractivity contribution in [2.45, 2.75) is 105 Å². The first-order chi connectivity index (χ1) is 21.3. The molecular weight excluding hydrogens is 560 g/mol. The van der Waals surface area contributed by atoms with Gasteiger partial charge in [0.15, 0.2) is 0 Å². The van der Waals surface area contributed by atoms with Crippen molar-refractivity contribution in [3.63, 3.8) is 0 Å². The predicted molar refractivity (Wildman–Crippen MR) is 200 cm³/mol. The Labute approximate surface area is 272 Å². The molecule has 0 unspecified atom stereocenters. The lowest BCUT2D eigenvalue weighted by Crippen LogP contribution is -2.12. The molecule has 0 aliphatic rings. The summed E-state index contributed by atoms with van der Waals surface area (Å²) < 4.78 is 13.9. The Kier molecular flexibility index (Phi) is 5.65. The topological polar surface area (TPSA) is 26.3 Å². The van der Waals surface area contributed by atoms with Crippen molar-refractivity contribution in [1.82, 2.24) is 0 Å². The fraction of sp³-hybridized carbons (Fsp3) is 0.364. The first-order valence-electron chi connectivity index (χ1n) is 16.9. The van der Waals surface area contributed by atoms with E-state index in [0.29, 0.717) is 0 Å². The average Bonchev–Trinajstić information content (AvgIpc) is 3.53. The molecule has 8 rings (SSSR count). The van der Waals surface area contributed by atoms with Gasteiger partial charge in [-0.2, -0.15) is 0 Å². The Balaban J connectivity index is 1.72. The summed E-state index contributed by atoms with van der Waals surface area (Å²) in [4.78, 5) is 0. The molecule has 0 radical (unpaired) electrons. The molecule has 6 aromatic carbocycles. The lowest BCUT2D eigenvalue weighted by Gasteiger charge is -2.24. The average molecular weight is 607 g/mol. The molecule has 0 aliphatic heterocycles. The Hall–Kier alpha value is -4.04. The van der Waals surface area contributed by atoms with Gasteiger partial charge in [-0.25, -0.2) is 0 Å². The largest absolute Gasteiger partial charge is 0.455 e. The molecule has 0 atom stereocenters. The zero-order valence-corrected chi connectivity index (χ0v) is 29.6. The van der Waals surface area contributed by atoms with E-state index in [-0.39, 0.29) is 21.7 Å². The Morgan fingerprint density at radius 3 is 0.957 bits per heavy atom. The van der Waals surface area contributed by atoms with Crippen LogP contribution in [0.3, 0.4) is 0 Å². The molecule has 46 heavy (non-hydrogen) atoms. The zero-order valence-electron chi connectivity index (χ0n) is 29.6. The highest BCUT2D eigenvalue weighted by Gasteiger charge is 2.29. The monoisotopic (exact) mass is 606 g/mol. The van der Waals surface area contributed by atoms with E-state index in [9.17, 15) is 0 Å². The lowest BCUT2D eigenvalue weighted by atomic mass is 9.79. The minimum Gasteiger partial charge on any atom is -0.455 e. The maximum atomic E-state index is 6.95. The van der Waals surface area contributed by atoms with Crippen molar-refractivity contribution in [2.24, 2.45) is 0 Å². The van der Waals surface area contributed by atoms with Crippen LogP contribution in [0, 0.1) is 0 Å². The number of hydrogen-bond acceptors (Lipinski definition) is 2. The summed E-state index contributed by atoms with van der Waals surface area (Å²) in [5.41, 5.74) is 9.03. The van der Waals surface area contributed by atoms with Crippen LogP contribution in [0.5, 0.6) is 0 Å². The van der Waals surface area contributed by atoms with Gasteiger partial charge in [-0.05, 0) is 103 Å². The number of benzene rings is 6. The molecule has 0 fully saturated rings. The van der Waals surface area contributed by atoms with Gasteiger partial charge in [-0.1, -0.05) is 95.2 Å². The molecule has 0 amide bonds. The van der Waals surface area contributed by atoms with E-state index in [1.807, 2.05) is 0 Å². The van der Waals surface area contributed by atoms with Crippen LogP contribution >= 0.6 is 0 Å². The highest BCUT2D eigenvalue weighted by molar-refractivity contribution is 6.43. The van der Waals surface area contributed by atoms with Crippen LogP contribution in [0.15, 0.2) is 69.5 Å². The van der Waals surface area contributed by atoms with E-state index in [1.165, 1.54) is 76.1 Å². The normalized spacial score (nSPS) is 14.1. The van der Waals surface area contributed by atoms with Gasteiger partial charge in [-0.15, -0.1) is 0 Å². The van der Waals surface area contributed by atoms with Gasteiger partial charge in [0, 0.05) is 43.1 Å². The van der Waals surface area contributed by atoms with Crippen LogP contribution in [-0.4, -0.2) is 0 Å². The molecule has 0 saturated carbocycles. The summed E-state index contributed by atoms with van der Waals surface area (Å²) in [7, 11) is 0. The van der Waals surface area contributed by atoms with Crippen LogP contribution in [0.1, 0.15) is 105 Å². The maximum absolute atomic E-state index is 6.95. The summed E-state index contributed by atoms with van der Waals surface area (Å²) >= 11 is 0. The van der Waals surface area contributed by atoms with Crippen LogP contribution in [0.4, 0.5) is 0 Å². The van der Waals surface area contributed by atoms with Crippen LogP contribution in [0.25, 0.3) is 76.2 Å². The van der Waals surface area contributed by atoms with E-state index in [4.69, 9.17) is 8.83 Å². The molecule has 2 nitrogen and oxygen atoms in total. The fourth-order valence-corrected chi connectivity index (χ4v) is 7.48. The third-order valence-electron chi connectivity index (χ3n) is 10.4. The quantitative estimate of drug-likeness (QED) is 0.161. The smallest absolute Gasteiger partial charge is 0.143 e. The van der Waals surface area contributed by atoms with E-state index in [1.54, 1.807) is 0 Å². The summed E-state index contributed by atoms with van der Waals surface area (Å²) in [6, 6.07) is 23.3. The Morgan fingerprint density at radius 2 is 0.630 bits per heavy atom. The highest BCUT2D eigenvalue weighted by Crippen LogP contribution is 2.52. The van der Waals surface area contributed by atoms with Gasteiger partial charge < -0.3 is 8.83 Å². The molecular formula is C44H46O2. The first-order valence-corrected chi connectivity index (χ1v) is 16.9. The van der Waals surface area contributed by atoms with Crippen LogP contribution in [0.2, 0.25) is 0 Å². The van der Waals surface area contributed by atoms with Crippen molar-refractivity contribution in [2.75, 3.05) is 0 Å². The van der Waals surface area contributed by atoms with Gasteiger partial charge in [0.05, 0.1) is 0 Å². The number of rotatable bonds is 0. The highest BCUT2D eigenvalue weighted by atomic mass is 16.3. The second-order valence-electron chi connectivity index (χ2n) is 17.9. The third-order valence-corrected chi connectivity index (χ3v) is 10.4. The van der Waals surface area contributed by atoms with Gasteiger partial charge >= 0.3 is 0 Å². The van der Waals surface area contributed by atoms with Gasteiger partial charge in [0.2, 0.25) is 0 Å². The maximum Gasteiger partial charge on any atom is 0.143 e. The van der Waals surface area contributed by atoms with Crippen molar-refractivity contribution in [3.8, 4) is 0 Å². The van der Waals surface area contributed by atoms with E-state index in [0.717, 1.165) is 22.3 Å². The minimum atomic E-state index is -0.0516. The SMILES string of the molecule is CC(C)(C)c1ccc2oc3c4cc(C(C)(C)C)cc5c6c7cc(C(C)(C)C)ccc7oc6c6cc(C(C)(C)C)cc(c3c2c1)c6c45. The van der Waals surface area contributed by atoms with Gasteiger partial charge in [-0.3, -0.25) is 0 Å². The summed E-state index contributed by atoms with van der Waals surface area (Å²) in [5, 5.41) is 12.2. The second-order valence-corrected chi connectivity index (χ2v) is 17.9. The lowest BCUT2D eigenvalue weighted by molar-refractivity contribution is 0.590. The molecule has 0 saturated heterocycles. The van der Waals surface area contributed by atoms with Crippen molar-refractivity contribution < 1.29 is 8.83 Å². The van der Waals surface area contributed by atoms with Gasteiger partial charge in [0.25, 0.3) is 0 Å². The summed E-state index contributed by atoms with van der Waals surface area (Å²) in [6.07, 6.45) is 0. The molecule has 2 heteroatoms. The van der Waals surface area contributed by atoms with E-state index < -0.39 is 0 Å². The number of fused-ring (bicyclic) bond motifs is 10. The van der Waals surface area contributed by atoms with Crippen molar-refractivity contribution in [1.29, 1.82) is 0 Å². The van der Waals surface area contributed by atoms with Crippen molar-refractivity contribution >= 4 is 76.2 Å². The third kappa shape index (κ3) is 4.08. The molecule has 2 heterocycles. The molecule has 2 aromatic heterocycles. The first kappa shape index (κ1) is 29.4. The number of furan rings is 2. The Bertz CT molecular complexity index is 2360. The van der Waals surface area contributed by atoms with Crippen molar-refractivity contribution in [3.05, 3.63) is 82.9 Å². The molecule has 0 bridgehead atoms. The van der Waals surface area contributed by atoms with E-state index in [2.05, 4.69) is 144 Å². The molecule has 8 aromatic rings. The molecule has 0 N–H and O–H groups in total. The van der Waals surface area contributed by atoms with Crippen LogP contribution in [-0.2, 0) is 21.7 Å². The van der Waals surface area contributed by atoms with Gasteiger partial charge in [0.1, 0.15) is 22.3 Å². The fourth-order valence-electron chi connectivity index (χ4n) is 7.48. The number of hydrogen-bond donors (Lipinski definition) is 0. The standard InChI is InChI=1S/C44H46O2/c1-41(2,3)23-13-15-33-27(17-23)37-29-19-25(43(7,8)9)22-32-35(29)36-30(20-26(44(10,11)12)21-31(36)39(37)45-33)38-28-18-24(42(4,5)6)14-16-34(28)46-40(32)38/h13-22H,1-12H3.